The molecule has 0 aliphatic heterocycles. The van der Waals surface area contributed by atoms with Gasteiger partial charge in [-0.15, -0.1) is 0 Å². The first-order chi connectivity index (χ1) is 16.2. The number of nitrogens with zero attached hydrogens (tertiary/aromatic N) is 2. The molecule has 0 saturated carbocycles. The lowest BCUT2D eigenvalue weighted by molar-refractivity contribution is 0.0952. The number of para-hydroxylation sites is 2. The third-order valence-electron chi connectivity index (χ3n) is 5.61. The Hall–Kier alpha value is -3.80. The monoisotopic (exact) mass is 443 g/mol. The van der Waals surface area contributed by atoms with E-state index in [4.69, 9.17) is 14.5 Å². The van der Waals surface area contributed by atoms with Gasteiger partial charge in [0.1, 0.15) is 23.9 Å². The molecule has 1 N–H and O–H groups in total. The number of methoxy groups -OCH3 is 1. The maximum absolute atomic E-state index is 12.4. The third kappa shape index (κ3) is 5.52. The van der Waals surface area contributed by atoms with Crippen molar-refractivity contribution >= 4 is 16.9 Å². The van der Waals surface area contributed by atoms with Gasteiger partial charge in [-0.25, -0.2) is 4.98 Å². The van der Waals surface area contributed by atoms with Gasteiger partial charge in [-0.1, -0.05) is 36.4 Å². The van der Waals surface area contributed by atoms with Crippen LogP contribution in [0, 0.1) is 6.92 Å². The van der Waals surface area contributed by atoms with E-state index in [1.54, 1.807) is 7.11 Å². The molecule has 0 saturated heterocycles. The molecule has 0 aliphatic rings. The van der Waals surface area contributed by atoms with Gasteiger partial charge in [0.15, 0.2) is 0 Å². The van der Waals surface area contributed by atoms with Crippen molar-refractivity contribution in [1.82, 2.24) is 14.9 Å². The van der Waals surface area contributed by atoms with Gasteiger partial charge in [0, 0.05) is 24.6 Å². The molecule has 0 spiro atoms. The second-order valence-electron chi connectivity index (χ2n) is 7.87. The number of benzene rings is 3. The molecule has 0 radical (unpaired) electrons. The zero-order valence-corrected chi connectivity index (χ0v) is 19.1. The van der Waals surface area contributed by atoms with Crippen LogP contribution in [-0.2, 0) is 13.0 Å². The zero-order valence-electron chi connectivity index (χ0n) is 19.1. The number of aryl methyl sites for hydroxylation is 2. The van der Waals surface area contributed by atoms with E-state index >= 15 is 0 Å². The van der Waals surface area contributed by atoms with Crippen molar-refractivity contribution in [2.24, 2.45) is 0 Å². The van der Waals surface area contributed by atoms with Gasteiger partial charge in [-0.05, 0) is 49.2 Å². The third-order valence-corrected chi connectivity index (χ3v) is 5.61. The average Bonchev–Trinajstić information content (AvgIpc) is 3.19. The van der Waals surface area contributed by atoms with Crippen molar-refractivity contribution in [2.75, 3.05) is 20.3 Å². The van der Waals surface area contributed by atoms with Gasteiger partial charge in [-0.2, -0.15) is 0 Å². The summed E-state index contributed by atoms with van der Waals surface area (Å²) >= 11 is 0. The van der Waals surface area contributed by atoms with E-state index in [0.717, 1.165) is 52.3 Å². The molecule has 0 atom stereocenters. The summed E-state index contributed by atoms with van der Waals surface area (Å²) in [5.41, 5.74) is 3.76. The minimum absolute atomic E-state index is 0.0340. The molecule has 0 unspecified atom stereocenters. The van der Waals surface area contributed by atoms with Gasteiger partial charge >= 0.3 is 0 Å². The van der Waals surface area contributed by atoms with Crippen molar-refractivity contribution in [1.29, 1.82) is 0 Å². The molecule has 6 heteroatoms. The number of carbonyl (C=O) groups is 1. The lowest BCUT2D eigenvalue weighted by atomic mass is 10.1. The Morgan fingerprint density at radius 2 is 1.79 bits per heavy atom. The van der Waals surface area contributed by atoms with E-state index in [0.29, 0.717) is 19.7 Å². The van der Waals surface area contributed by atoms with Gasteiger partial charge < -0.3 is 19.4 Å². The summed E-state index contributed by atoms with van der Waals surface area (Å²) in [5.74, 6) is 2.51. The highest BCUT2D eigenvalue weighted by Gasteiger charge is 2.12. The van der Waals surface area contributed by atoms with Crippen molar-refractivity contribution < 1.29 is 14.3 Å². The molecule has 1 aromatic heterocycles. The summed E-state index contributed by atoms with van der Waals surface area (Å²) in [6.45, 7) is 3.74. The Bertz CT molecular complexity index is 1230. The number of nitrogens with one attached hydrogen (secondary N) is 1. The minimum atomic E-state index is -0.0340. The second kappa shape index (κ2) is 10.7. The normalized spacial score (nSPS) is 10.8. The quantitative estimate of drug-likeness (QED) is 0.358. The fourth-order valence-electron chi connectivity index (χ4n) is 3.88. The number of aromatic nitrogens is 2. The summed E-state index contributed by atoms with van der Waals surface area (Å²) in [4.78, 5) is 17.3. The van der Waals surface area contributed by atoms with Gasteiger partial charge in [0.05, 0.1) is 24.7 Å². The largest absolute Gasteiger partial charge is 0.497 e. The Balaban J connectivity index is 1.37. The first-order valence-corrected chi connectivity index (χ1v) is 11.2. The molecular weight excluding hydrogens is 414 g/mol. The lowest BCUT2D eigenvalue weighted by Crippen LogP contribution is -2.25. The number of ether oxygens (including phenoxy) is 2. The van der Waals surface area contributed by atoms with Crippen LogP contribution in [-0.4, -0.2) is 35.7 Å². The Labute approximate surface area is 194 Å². The van der Waals surface area contributed by atoms with E-state index in [-0.39, 0.29) is 5.91 Å². The summed E-state index contributed by atoms with van der Waals surface area (Å²) < 4.78 is 13.4. The van der Waals surface area contributed by atoms with E-state index < -0.39 is 0 Å². The number of imidazole rings is 1. The smallest absolute Gasteiger partial charge is 0.251 e. The minimum Gasteiger partial charge on any atom is -0.497 e. The van der Waals surface area contributed by atoms with Gasteiger partial charge in [0.2, 0.25) is 0 Å². The van der Waals surface area contributed by atoms with Crippen molar-refractivity contribution in [3.05, 3.63) is 89.7 Å². The van der Waals surface area contributed by atoms with Crippen molar-refractivity contribution in [2.45, 2.75) is 26.3 Å². The van der Waals surface area contributed by atoms with E-state index in [9.17, 15) is 4.79 Å². The topological polar surface area (TPSA) is 65.4 Å². The summed E-state index contributed by atoms with van der Waals surface area (Å²) in [6.07, 6.45) is 1.57. The molecule has 0 fully saturated rings. The molecule has 3 aromatic carbocycles. The molecule has 0 bridgehead atoms. The Morgan fingerprint density at radius 3 is 2.64 bits per heavy atom. The van der Waals surface area contributed by atoms with Crippen LogP contribution in [0.4, 0.5) is 0 Å². The highest BCUT2D eigenvalue weighted by atomic mass is 16.5. The number of hydrogen-bond donors (Lipinski definition) is 1. The van der Waals surface area contributed by atoms with Gasteiger partial charge in [-0.3, -0.25) is 4.79 Å². The van der Waals surface area contributed by atoms with E-state index in [1.165, 1.54) is 0 Å². The highest BCUT2D eigenvalue weighted by Crippen LogP contribution is 2.20. The molecule has 33 heavy (non-hydrogen) atoms. The molecule has 1 heterocycles. The van der Waals surface area contributed by atoms with Crippen molar-refractivity contribution in [3.8, 4) is 11.5 Å². The number of carbonyl (C=O) groups excluding carboxylic acids is 1. The van der Waals surface area contributed by atoms with Crippen LogP contribution in [0.3, 0.4) is 0 Å². The summed E-state index contributed by atoms with van der Waals surface area (Å²) in [7, 11) is 1.65. The highest BCUT2D eigenvalue weighted by molar-refractivity contribution is 5.95. The molecule has 6 nitrogen and oxygen atoms in total. The second-order valence-corrected chi connectivity index (χ2v) is 7.87. The molecule has 170 valence electrons. The molecular formula is C27H29N3O3. The fourth-order valence-corrected chi connectivity index (χ4v) is 3.88. The molecule has 4 aromatic rings. The van der Waals surface area contributed by atoms with E-state index in [1.807, 2.05) is 73.7 Å². The van der Waals surface area contributed by atoms with Crippen molar-refractivity contribution in [3.63, 3.8) is 0 Å². The maximum atomic E-state index is 12.4. The molecule has 4 rings (SSSR count). The number of hydrogen-bond acceptors (Lipinski definition) is 4. The molecule has 0 aliphatic carbocycles. The van der Waals surface area contributed by atoms with Crippen LogP contribution in [0.2, 0.25) is 0 Å². The summed E-state index contributed by atoms with van der Waals surface area (Å²) in [6, 6.07) is 23.4. The first kappa shape index (κ1) is 22.4. The van der Waals surface area contributed by atoms with Crippen LogP contribution < -0.4 is 14.8 Å². The van der Waals surface area contributed by atoms with Crippen LogP contribution >= 0.6 is 0 Å². The SMILES string of the molecule is COc1cccc(OCCn2c(CCCNC(=O)c3ccccc3C)nc3ccccc32)c1. The zero-order chi connectivity index (χ0) is 23.0. The predicted molar refractivity (Wildman–Crippen MR) is 130 cm³/mol. The lowest BCUT2D eigenvalue weighted by Gasteiger charge is -2.12. The Morgan fingerprint density at radius 1 is 1.00 bits per heavy atom. The predicted octanol–water partition coefficient (Wildman–Crippen LogP) is 4.79. The average molecular weight is 444 g/mol. The first-order valence-electron chi connectivity index (χ1n) is 11.2. The van der Waals surface area contributed by atoms with Gasteiger partial charge in [0.25, 0.3) is 5.91 Å². The number of amides is 1. The van der Waals surface area contributed by atoms with Crippen LogP contribution in [0.15, 0.2) is 72.8 Å². The van der Waals surface area contributed by atoms with E-state index in [2.05, 4.69) is 16.0 Å². The Kier molecular flexibility index (Phi) is 7.25. The van der Waals surface area contributed by atoms with Crippen LogP contribution in [0.25, 0.3) is 11.0 Å². The maximum Gasteiger partial charge on any atom is 0.251 e. The molecule has 1 amide bonds. The van der Waals surface area contributed by atoms with Crippen LogP contribution in [0.1, 0.15) is 28.2 Å². The standard InChI is InChI=1S/C27H29N3O3/c1-20-9-3-4-12-23(20)27(31)28-16-8-15-26-29-24-13-5-6-14-25(24)30(26)17-18-33-22-11-7-10-21(19-22)32-2/h3-7,9-14,19H,8,15-18H2,1-2H3,(H,28,31). The fraction of sp³-hybridized carbons (Fsp3) is 0.259. The van der Waals surface area contributed by atoms with Crippen LogP contribution in [0.5, 0.6) is 11.5 Å². The number of fused-ring (bicyclic) bond motifs is 1. The number of rotatable bonds is 10. The summed E-state index contributed by atoms with van der Waals surface area (Å²) in [5, 5.41) is 3.03.